The molecule has 1 aromatic carbocycles. The van der Waals surface area contributed by atoms with Crippen molar-refractivity contribution in [1.29, 1.82) is 0 Å². The van der Waals surface area contributed by atoms with Crippen LogP contribution in [0.5, 0.6) is 11.5 Å². The quantitative estimate of drug-likeness (QED) is 0.736. The average Bonchev–Trinajstić information content (AvgIpc) is 2.93. The number of rotatable bonds is 8. The molecule has 0 bridgehead atoms. The Hall–Kier alpha value is -1.26. The van der Waals surface area contributed by atoms with Gasteiger partial charge in [0.2, 0.25) is 0 Å². The minimum Gasteiger partial charge on any atom is -0.487 e. The Morgan fingerprint density at radius 2 is 2.10 bits per heavy atom. The Morgan fingerprint density at radius 3 is 2.80 bits per heavy atom. The summed E-state index contributed by atoms with van der Waals surface area (Å²) >= 11 is 0. The highest BCUT2D eigenvalue weighted by Crippen LogP contribution is 2.27. The van der Waals surface area contributed by atoms with Gasteiger partial charge in [0.15, 0.2) is 11.5 Å². The van der Waals surface area contributed by atoms with Crippen LogP contribution < -0.4 is 14.8 Å². The fraction of sp³-hybridized carbons (Fsp3) is 0.625. The summed E-state index contributed by atoms with van der Waals surface area (Å²) in [6, 6.07) is 7.84. The van der Waals surface area contributed by atoms with Gasteiger partial charge < -0.3 is 19.5 Å². The predicted molar refractivity (Wildman–Crippen MR) is 78.3 cm³/mol. The Morgan fingerprint density at radius 1 is 1.30 bits per heavy atom. The number of hydrogen-bond acceptors (Lipinski definition) is 3. The molecule has 1 aliphatic heterocycles. The van der Waals surface area contributed by atoms with E-state index >= 15 is 0 Å². The summed E-state index contributed by atoms with van der Waals surface area (Å²) in [7, 11) is 0. The minimum atomic E-state index is 0.158. The highest BCUT2D eigenvalue weighted by Gasteiger charge is 2.16. The summed E-state index contributed by atoms with van der Waals surface area (Å²) in [5.74, 6) is 1.65. The monoisotopic (exact) mass is 280 g/mol. The molecule has 1 saturated heterocycles. The van der Waals surface area contributed by atoms with Gasteiger partial charge >= 0.3 is 0 Å². The molecule has 0 unspecified atom stereocenters. The molecule has 0 saturated carbocycles. The van der Waals surface area contributed by atoms with Gasteiger partial charge in [-0.25, -0.2) is 0 Å². The molecule has 0 aromatic heterocycles. The van der Waals surface area contributed by atoms with Crippen molar-refractivity contribution in [2.75, 3.05) is 26.3 Å². The normalized spacial score (nSPS) is 18.4. The van der Waals surface area contributed by atoms with Crippen LogP contribution in [0.1, 0.15) is 26.7 Å². The zero-order valence-electron chi connectivity index (χ0n) is 12.5. The van der Waals surface area contributed by atoms with Gasteiger partial charge in [0.1, 0.15) is 25.8 Å². The maximum absolute atomic E-state index is 5.81. The maximum atomic E-state index is 5.81. The topological polar surface area (TPSA) is 44.3 Å². The Balaban J connectivity index is 1.67. The van der Waals surface area contributed by atoms with Crippen molar-refractivity contribution in [3.8, 4) is 11.5 Å². The van der Waals surface area contributed by atoms with Crippen molar-refractivity contribution in [2.45, 2.75) is 38.9 Å². The molecule has 1 aliphatic rings. The van der Waals surface area contributed by atoms with E-state index in [4.69, 9.17) is 14.2 Å². The lowest BCUT2D eigenvalue weighted by Gasteiger charge is -2.14. The Kier molecular flexibility index (Phi) is 6.15. The van der Waals surface area contributed by atoms with E-state index in [0.29, 0.717) is 12.7 Å². The molecule has 1 aromatic rings. The zero-order valence-corrected chi connectivity index (χ0v) is 12.5. The molecule has 4 nitrogen and oxygen atoms in total. The molecule has 0 amide bonds. The van der Waals surface area contributed by atoms with Crippen LogP contribution in [-0.2, 0) is 4.74 Å². The maximum Gasteiger partial charge on any atom is 0.161 e. The second-order valence-corrected chi connectivity index (χ2v) is 5.41. The number of para-hydroxylation sites is 2. The molecule has 112 valence electrons. The molecule has 1 atom stereocenters. The zero-order chi connectivity index (χ0) is 14.2. The Labute approximate surface area is 121 Å². The number of benzene rings is 1. The molecule has 1 heterocycles. The molecule has 1 fully saturated rings. The third kappa shape index (κ3) is 5.02. The summed E-state index contributed by atoms with van der Waals surface area (Å²) in [6.07, 6.45) is 2.99. The van der Waals surface area contributed by atoms with E-state index in [1.54, 1.807) is 0 Å². The van der Waals surface area contributed by atoms with Crippen LogP contribution in [0.15, 0.2) is 24.3 Å². The van der Waals surface area contributed by atoms with Gasteiger partial charge in [-0.3, -0.25) is 0 Å². The lowest BCUT2D eigenvalue weighted by molar-refractivity contribution is -0.661. The van der Waals surface area contributed by atoms with E-state index in [-0.39, 0.29) is 6.10 Å². The lowest BCUT2D eigenvalue weighted by atomic mass is 10.2. The van der Waals surface area contributed by atoms with Gasteiger partial charge in [-0.05, 0) is 38.8 Å². The second-order valence-electron chi connectivity index (χ2n) is 5.41. The first-order chi connectivity index (χ1) is 9.75. The van der Waals surface area contributed by atoms with Crippen LogP contribution >= 0.6 is 0 Å². The summed E-state index contributed by atoms with van der Waals surface area (Å²) in [5, 5.41) is 2.27. The van der Waals surface area contributed by atoms with Crippen LogP contribution in [0.25, 0.3) is 0 Å². The number of ether oxygens (including phenoxy) is 3. The third-order valence-electron chi connectivity index (χ3n) is 3.24. The minimum absolute atomic E-state index is 0.158. The van der Waals surface area contributed by atoms with E-state index in [2.05, 4.69) is 5.32 Å². The van der Waals surface area contributed by atoms with Crippen molar-refractivity contribution >= 4 is 0 Å². The smallest absolute Gasteiger partial charge is 0.161 e. The summed E-state index contributed by atoms with van der Waals surface area (Å²) < 4.78 is 17.1. The average molecular weight is 280 g/mol. The van der Waals surface area contributed by atoms with Gasteiger partial charge in [-0.1, -0.05) is 12.1 Å². The standard InChI is InChI=1S/C16H25NO3/c1-13(2)20-16-8-4-3-7-15(16)19-11-9-17-12-14-6-5-10-18-14/h3-4,7-8,13-14,17H,5-6,9-12H2,1-2H3/p+1/t14-/m1/s1. The summed E-state index contributed by atoms with van der Waals surface area (Å²) in [6.45, 7) is 7.63. The van der Waals surface area contributed by atoms with Crippen molar-refractivity contribution in [3.05, 3.63) is 24.3 Å². The number of hydrogen-bond donors (Lipinski definition) is 1. The van der Waals surface area contributed by atoms with E-state index in [1.807, 2.05) is 38.1 Å². The van der Waals surface area contributed by atoms with Crippen LogP contribution in [-0.4, -0.2) is 38.5 Å². The highest BCUT2D eigenvalue weighted by molar-refractivity contribution is 5.39. The van der Waals surface area contributed by atoms with Crippen LogP contribution in [0, 0.1) is 0 Å². The molecule has 2 N–H and O–H groups in total. The largest absolute Gasteiger partial charge is 0.487 e. The van der Waals surface area contributed by atoms with Gasteiger partial charge in [0.05, 0.1) is 6.10 Å². The molecule has 2 rings (SSSR count). The SMILES string of the molecule is CC(C)Oc1ccccc1OCC[NH2+]C[C@H]1CCCO1. The second kappa shape index (κ2) is 8.12. The van der Waals surface area contributed by atoms with E-state index in [9.17, 15) is 0 Å². The highest BCUT2D eigenvalue weighted by atomic mass is 16.5. The first kappa shape index (κ1) is 15.1. The van der Waals surface area contributed by atoms with Crippen LogP contribution in [0.4, 0.5) is 0 Å². The van der Waals surface area contributed by atoms with Crippen LogP contribution in [0.3, 0.4) is 0 Å². The molecular weight excluding hydrogens is 254 g/mol. The van der Waals surface area contributed by atoms with Crippen molar-refractivity contribution in [2.24, 2.45) is 0 Å². The van der Waals surface area contributed by atoms with E-state index < -0.39 is 0 Å². The number of quaternary nitrogens is 1. The molecular formula is C16H26NO3+. The van der Waals surface area contributed by atoms with Crippen molar-refractivity contribution in [3.63, 3.8) is 0 Å². The Bertz CT molecular complexity index is 389. The fourth-order valence-electron chi connectivity index (χ4n) is 2.31. The third-order valence-corrected chi connectivity index (χ3v) is 3.24. The molecule has 0 radical (unpaired) electrons. The van der Waals surface area contributed by atoms with Crippen molar-refractivity contribution < 1.29 is 19.5 Å². The van der Waals surface area contributed by atoms with Gasteiger partial charge in [-0.2, -0.15) is 0 Å². The molecule has 20 heavy (non-hydrogen) atoms. The van der Waals surface area contributed by atoms with Gasteiger partial charge in [0.25, 0.3) is 0 Å². The summed E-state index contributed by atoms with van der Waals surface area (Å²) in [4.78, 5) is 0. The van der Waals surface area contributed by atoms with Gasteiger partial charge in [0, 0.05) is 6.61 Å². The first-order valence-electron chi connectivity index (χ1n) is 7.57. The van der Waals surface area contributed by atoms with Crippen LogP contribution in [0.2, 0.25) is 0 Å². The fourth-order valence-corrected chi connectivity index (χ4v) is 2.31. The molecule has 0 aliphatic carbocycles. The predicted octanol–water partition coefficient (Wildman–Crippen LogP) is 1.59. The number of nitrogens with two attached hydrogens (primary N) is 1. The van der Waals surface area contributed by atoms with Gasteiger partial charge in [-0.15, -0.1) is 0 Å². The van der Waals surface area contributed by atoms with Crippen molar-refractivity contribution in [1.82, 2.24) is 0 Å². The lowest BCUT2D eigenvalue weighted by Crippen LogP contribution is -2.87. The first-order valence-corrected chi connectivity index (χ1v) is 7.57. The summed E-state index contributed by atoms with van der Waals surface area (Å²) in [5.41, 5.74) is 0. The molecule has 4 heteroatoms. The van der Waals surface area contributed by atoms with E-state index in [0.717, 1.165) is 31.2 Å². The molecule has 0 spiro atoms. The van der Waals surface area contributed by atoms with E-state index in [1.165, 1.54) is 12.8 Å².